The Hall–Kier alpha value is -0.910. The molecule has 0 aromatic rings. The van der Waals surface area contributed by atoms with E-state index in [4.69, 9.17) is 5.11 Å². The van der Waals surface area contributed by atoms with E-state index in [1.165, 1.54) is 16.7 Å². The highest BCUT2D eigenvalue weighted by molar-refractivity contribution is 8.00. The fourth-order valence-electron chi connectivity index (χ4n) is 1.78. The third-order valence-corrected chi connectivity index (χ3v) is 5.00. The van der Waals surface area contributed by atoms with E-state index in [-0.39, 0.29) is 16.8 Å². The van der Waals surface area contributed by atoms with Gasteiger partial charge in [0.05, 0.1) is 5.37 Å². The van der Waals surface area contributed by atoms with Crippen LogP contribution in [0.2, 0.25) is 0 Å². The van der Waals surface area contributed by atoms with E-state index in [1.54, 1.807) is 0 Å². The summed E-state index contributed by atoms with van der Waals surface area (Å²) in [6, 6.07) is -0.994. The quantitative estimate of drug-likeness (QED) is 0.835. The highest BCUT2D eigenvalue weighted by atomic mass is 32.2. The predicted molar refractivity (Wildman–Crippen MR) is 77.2 cm³/mol. The van der Waals surface area contributed by atoms with Gasteiger partial charge in [-0.1, -0.05) is 27.7 Å². The summed E-state index contributed by atoms with van der Waals surface area (Å²) in [7, 11) is 0. The van der Waals surface area contributed by atoms with Crippen LogP contribution >= 0.6 is 11.8 Å². The fourth-order valence-corrected chi connectivity index (χ4v) is 2.95. The molecular formula is C13H24N2O3S. The summed E-state index contributed by atoms with van der Waals surface area (Å²) in [5.41, 5.74) is 0.116. The lowest BCUT2D eigenvalue weighted by Crippen LogP contribution is -2.50. The molecule has 0 bridgehead atoms. The first-order valence-electron chi connectivity index (χ1n) is 6.55. The molecule has 19 heavy (non-hydrogen) atoms. The van der Waals surface area contributed by atoms with Gasteiger partial charge in [0.1, 0.15) is 6.04 Å². The van der Waals surface area contributed by atoms with Crippen molar-refractivity contribution in [3.05, 3.63) is 0 Å². The molecule has 0 aromatic heterocycles. The molecule has 3 atom stereocenters. The number of carboxylic acids is 1. The molecule has 1 aliphatic heterocycles. The van der Waals surface area contributed by atoms with E-state index in [2.05, 4.69) is 33.0 Å². The maximum absolute atomic E-state index is 12.1. The Morgan fingerprint density at radius 1 is 1.47 bits per heavy atom. The number of aliphatic carboxylic acids is 1. The second-order valence-corrected chi connectivity index (χ2v) is 7.50. The number of thioether (sulfide) groups is 1. The van der Waals surface area contributed by atoms with Gasteiger partial charge < -0.3 is 10.4 Å². The Labute approximate surface area is 119 Å². The second-order valence-electron chi connectivity index (χ2n) is 6.15. The average Bonchev–Trinajstić information content (AvgIpc) is 2.66. The highest BCUT2D eigenvalue weighted by Gasteiger charge is 2.39. The Bertz CT molecular complexity index is 354. The van der Waals surface area contributed by atoms with Crippen molar-refractivity contribution in [2.75, 3.05) is 12.3 Å². The van der Waals surface area contributed by atoms with Crippen LogP contribution in [0.25, 0.3) is 0 Å². The normalized spacial score (nSPS) is 25.2. The molecule has 0 spiro atoms. The molecule has 2 amide bonds. The van der Waals surface area contributed by atoms with Gasteiger partial charge in [-0.3, -0.25) is 4.90 Å². The lowest BCUT2D eigenvalue weighted by Gasteiger charge is -2.30. The largest absolute Gasteiger partial charge is 0.480 e. The van der Waals surface area contributed by atoms with Crippen LogP contribution in [0.4, 0.5) is 4.79 Å². The first-order chi connectivity index (χ1) is 8.64. The zero-order valence-electron chi connectivity index (χ0n) is 12.3. The molecule has 1 saturated heterocycles. The summed E-state index contributed by atoms with van der Waals surface area (Å²) < 4.78 is 0. The maximum Gasteiger partial charge on any atom is 0.327 e. The van der Waals surface area contributed by atoms with Crippen molar-refractivity contribution >= 4 is 23.8 Å². The summed E-state index contributed by atoms with van der Waals surface area (Å²) in [5, 5.41) is 11.9. The van der Waals surface area contributed by atoms with E-state index < -0.39 is 12.0 Å². The molecule has 1 rings (SSSR count). The minimum atomic E-state index is -0.934. The first kappa shape index (κ1) is 16.1. The standard InChI is InChI=1S/C13H24N2O3S/c1-8(13(3,4)5)6-14-12(18)15-9(2)19-7-10(15)11(16)17/h8-10H,6-7H2,1-5H3,(H,14,18)(H,16,17). The molecular weight excluding hydrogens is 264 g/mol. The number of urea groups is 1. The molecule has 2 N–H and O–H groups in total. The van der Waals surface area contributed by atoms with E-state index in [0.717, 1.165) is 0 Å². The molecule has 0 aliphatic carbocycles. The van der Waals surface area contributed by atoms with E-state index in [9.17, 15) is 9.59 Å². The number of carboxylic acid groups (broad SMARTS) is 1. The zero-order valence-corrected chi connectivity index (χ0v) is 13.1. The van der Waals surface area contributed by atoms with Crippen LogP contribution in [0, 0.1) is 11.3 Å². The van der Waals surface area contributed by atoms with Gasteiger partial charge in [-0.05, 0) is 18.3 Å². The van der Waals surface area contributed by atoms with Crippen molar-refractivity contribution in [3.8, 4) is 0 Å². The molecule has 110 valence electrons. The van der Waals surface area contributed by atoms with Crippen LogP contribution in [-0.4, -0.2) is 45.7 Å². The minimum absolute atomic E-state index is 0.0916. The van der Waals surface area contributed by atoms with Crippen LogP contribution < -0.4 is 5.32 Å². The number of hydrogen-bond donors (Lipinski definition) is 2. The zero-order chi connectivity index (χ0) is 14.8. The second kappa shape index (κ2) is 6.03. The van der Waals surface area contributed by atoms with Gasteiger partial charge in [0.25, 0.3) is 0 Å². The molecule has 6 heteroatoms. The number of nitrogens with zero attached hydrogens (tertiary/aromatic N) is 1. The fraction of sp³-hybridized carbons (Fsp3) is 0.846. The summed E-state index contributed by atoms with van der Waals surface area (Å²) in [5.74, 6) is -0.153. The smallest absolute Gasteiger partial charge is 0.327 e. The van der Waals surface area contributed by atoms with Gasteiger partial charge >= 0.3 is 12.0 Å². The minimum Gasteiger partial charge on any atom is -0.480 e. The monoisotopic (exact) mass is 288 g/mol. The van der Waals surface area contributed by atoms with Crippen LogP contribution in [0.5, 0.6) is 0 Å². The Balaban J connectivity index is 2.59. The molecule has 0 saturated carbocycles. The van der Waals surface area contributed by atoms with E-state index in [0.29, 0.717) is 18.2 Å². The third kappa shape index (κ3) is 4.03. The summed E-state index contributed by atoms with van der Waals surface area (Å²) in [6.07, 6.45) is 0. The Kier molecular flexibility index (Phi) is 5.12. The number of rotatable bonds is 3. The molecule has 0 radical (unpaired) electrons. The highest BCUT2D eigenvalue weighted by Crippen LogP contribution is 2.29. The van der Waals surface area contributed by atoms with Gasteiger partial charge in [0.2, 0.25) is 0 Å². The van der Waals surface area contributed by atoms with Gasteiger partial charge in [0, 0.05) is 12.3 Å². The SMILES string of the molecule is CC1SCC(C(=O)O)N1C(=O)NCC(C)C(C)(C)C. The van der Waals surface area contributed by atoms with Crippen molar-refractivity contribution in [2.24, 2.45) is 11.3 Å². The van der Waals surface area contributed by atoms with Crippen molar-refractivity contribution in [3.63, 3.8) is 0 Å². The van der Waals surface area contributed by atoms with Gasteiger partial charge in [-0.2, -0.15) is 0 Å². The van der Waals surface area contributed by atoms with Gasteiger partial charge in [0.15, 0.2) is 0 Å². The van der Waals surface area contributed by atoms with Crippen LogP contribution in [-0.2, 0) is 4.79 Å². The van der Waals surface area contributed by atoms with Crippen LogP contribution in [0.15, 0.2) is 0 Å². The van der Waals surface area contributed by atoms with Gasteiger partial charge in [-0.25, -0.2) is 9.59 Å². The average molecular weight is 288 g/mol. The van der Waals surface area contributed by atoms with Crippen LogP contribution in [0.1, 0.15) is 34.6 Å². The number of nitrogens with one attached hydrogen (secondary N) is 1. The summed E-state index contributed by atoms with van der Waals surface area (Å²) in [6.45, 7) is 10.9. The van der Waals surface area contributed by atoms with Crippen LogP contribution in [0.3, 0.4) is 0 Å². The molecule has 1 aliphatic rings. The lowest BCUT2D eigenvalue weighted by molar-refractivity contribution is -0.141. The lowest BCUT2D eigenvalue weighted by atomic mass is 9.82. The van der Waals surface area contributed by atoms with E-state index in [1.807, 2.05) is 6.92 Å². The first-order valence-corrected chi connectivity index (χ1v) is 7.60. The van der Waals surface area contributed by atoms with Crippen molar-refractivity contribution in [1.82, 2.24) is 10.2 Å². The predicted octanol–water partition coefficient (Wildman–Crippen LogP) is 2.23. The Morgan fingerprint density at radius 2 is 2.05 bits per heavy atom. The Morgan fingerprint density at radius 3 is 2.53 bits per heavy atom. The van der Waals surface area contributed by atoms with Gasteiger partial charge in [-0.15, -0.1) is 11.8 Å². The van der Waals surface area contributed by atoms with Crippen molar-refractivity contribution in [1.29, 1.82) is 0 Å². The number of carbonyl (C=O) groups is 2. The van der Waals surface area contributed by atoms with E-state index >= 15 is 0 Å². The number of carbonyl (C=O) groups excluding carboxylic acids is 1. The third-order valence-electron chi connectivity index (χ3n) is 3.78. The number of hydrogen-bond acceptors (Lipinski definition) is 3. The van der Waals surface area contributed by atoms with Crippen molar-refractivity contribution < 1.29 is 14.7 Å². The summed E-state index contributed by atoms with van der Waals surface area (Å²) in [4.78, 5) is 24.7. The maximum atomic E-state index is 12.1. The number of amides is 2. The topological polar surface area (TPSA) is 69.6 Å². The molecule has 5 nitrogen and oxygen atoms in total. The molecule has 0 aromatic carbocycles. The molecule has 1 heterocycles. The molecule has 3 unspecified atom stereocenters. The summed E-state index contributed by atoms with van der Waals surface area (Å²) >= 11 is 1.49. The molecule has 1 fully saturated rings. The van der Waals surface area contributed by atoms with Crippen molar-refractivity contribution in [2.45, 2.75) is 46.0 Å².